The lowest BCUT2D eigenvalue weighted by atomic mass is 10.1. The van der Waals surface area contributed by atoms with Gasteiger partial charge in [-0.1, -0.05) is 67.3 Å². The van der Waals surface area contributed by atoms with Gasteiger partial charge in [0.2, 0.25) is 0 Å². The largest absolute Gasteiger partial charge is 0.298 e. The Balaban J connectivity index is 1.94. The molecule has 0 aliphatic rings. The van der Waals surface area contributed by atoms with Gasteiger partial charge >= 0.3 is 0 Å². The second kappa shape index (κ2) is 6.18. The van der Waals surface area contributed by atoms with Crippen LogP contribution >= 0.6 is 0 Å². The summed E-state index contributed by atoms with van der Waals surface area (Å²) in [5.41, 5.74) is 3.85. The van der Waals surface area contributed by atoms with E-state index in [-0.39, 0.29) is 0 Å². The van der Waals surface area contributed by atoms with Crippen molar-refractivity contribution in [2.75, 3.05) is 7.05 Å². The number of hydrogen-bond donors (Lipinski definition) is 0. The lowest BCUT2D eigenvalue weighted by molar-refractivity contribution is 0.319. The van der Waals surface area contributed by atoms with E-state index in [1.165, 1.54) is 16.7 Å². The predicted octanol–water partition coefficient (Wildman–Crippen LogP) is 3.96. The van der Waals surface area contributed by atoms with Crippen LogP contribution < -0.4 is 0 Å². The highest BCUT2D eigenvalue weighted by Gasteiger charge is 2.01. The molecule has 1 nitrogen and oxygen atoms in total. The quantitative estimate of drug-likeness (QED) is 0.760. The lowest BCUT2D eigenvalue weighted by Gasteiger charge is -2.16. The molecule has 0 heterocycles. The normalized spacial score (nSPS) is 10.6. The SMILES string of the molecule is C=Cc1ccc(CN(C)Cc2ccccc2)cc1. The Hall–Kier alpha value is -1.86. The van der Waals surface area contributed by atoms with Crippen molar-refractivity contribution in [3.05, 3.63) is 77.9 Å². The van der Waals surface area contributed by atoms with Gasteiger partial charge in [0.05, 0.1) is 0 Å². The van der Waals surface area contributed by atoms with Gasteiger partial charge in [0.15, 0.2) is 0 Å². The molecule has 0 aromatic heterocycles. The third-order valence-corrected chi connectivity index (χ3v) is 2.96. The second-order valence-electron chi connectivity index (χ2n) is 4.60. The number of hydrogen-bond acceptors (Lipinski definition) is 1. The van der Waals surface area contributed by atoms with Gasteiger partial charge < -0.3 is 0 Å². The molecule has 0 N–H and O–H groups in total. The Labute approximate surface area is 109 Å². The third kappa shape index (κ3) is 3.57. The van der Waals surface area contributed by atoms with Gasteiger partial charge in [0.25, 0.3) is 0 Å². The van der Waals surface area contributed by atoms with E-state index in [1.807, 2.05) is 6.08 Å². The Morgan fingerprint density at radius 1 is 0.889 bits per heavy atom. The minimum absolute atomic E-state index is 0.965. The lowest BCUT2D eigenvalue weighted by Crippen LogP contribution is -2.17. The van der Waals surface area contributed by atoms with Crippen molar-refractivity contribution in [1.29, 1.82) is 0 Å². The van der Waals surface area contributed by atoms with Crippen molar-refractivity contribution in [2.45, 2.75) is 13.1 Å². The van der Waals surface area contributed by atoms with E-state index in [1.54, 1.807) is 0 Å². The molecule has 0 atom stereocenters. The predicted molar refractivity (Wildman–Crippen MR) is 78.1 cm³/mol. The summed E-state index contributed by atoms with van der Waals surface area (Å²) in [5.74, 6) is 0. The topological polar surface area (TPSA) is 3.24 Å². The minimum atomic E-state index is 0.965. The summed E-state index contributed by atoms with van der Waals surface area (Å²) in [5, 5.41) is 0. The number of benzene rings is 2. The van der Waals surface area contributed by atoms with E-state index in [2.05, 4.69) is 73.1 Å². The van der Waals surface area contributed by atoms with Crippen molar-refractivity contribution in [1.82, 2.24) is 4.90 Å². The van der Waals surface area contributed by atoms with Crippen LogP contribution in [0.15, 0.2) is 61.2 Å². The third-order valence-electron chi connectivity index (χ3n) is 2.96. The molecular weight excluding hydrogens is 218 g/mol. The maximum atomic E-state index is 3.77. The van der Waals surface area contributed by atoms with Crippen LogP contribution in [0.25, 0.3) is 6.08 Å². The molecule has 2 rings (SSSR count). The molecule has 1 heteroatoms. The first-order valence-corrected chi connectivity index (χ1v) is 6.22. The smallest absolute Gasteiger partial charge is 0.0234 e. The molecule has 0 fully saturated rings. The first-order chi connectivity index (χ1) is 8.78. The summed E-state index contributed by atoms with van der Waals surface area (Å²) in [7, 11) is 2.15. The summed E-state index contributed by atoms with van der Waals surface area (Å²) < 4.78 is 0. The van der Waals surface area contributed by atoms with Gasteiger partial charge in [0.1, 0.15) is 0 Å². The monoisotopic (exact) mass is 237 g/mol. The Morgan fingerprint density at radius 3 is 2.00 bits per heavy atom. The fraction of sp³-hybridized carbons (Fsp3) is 0.176. The van der Waals surface area contributed by atoms with Crippen LogP contribution in [0.3, 0.4) is 0 Å². The molecule has 0 saturated heterocycles. The molecule has 0 amide bonds. The zero-order valence-electron chi connectivity index (χ0n) is 10.8. The molecule has 0 radical (unpaired) electrons. The van der Waals surface area contributed by atoms with Gasteiger partial charge in [-0.05, 0) is 23.7 Å². The summed E-state index contributed by atoms with van der Waals surface area (Å²) in [6, 6.07) is 19.1. The van der Waals surface area contributed by atoms with Gasteiger partial charge in [0, 0.05) is 13.1 Å². The highest BCUT2D eigenvalue weighted by atomic mass is 15.1. The Kier molecular flexibility index (Phi) is 4.32. The Bertz CT molecular complexity index is 485. The van der Waals surface area contributed by atoms with Crippen molar-refractivity contribution >= 4 is 6.08 Å². The van der Waals surface area contributed by atoms with Crippen LogP contribution in [-0.2, 0) is 13.1 Å². The summed E-state index contributed by atoms with van der Waals surface area (Å²) in [4.78, 5) is 2.32. The van der Waals surface area contributed by atoms with Crippen LogP contribution in [0.1, 0.15) is 16.7 Å². The maximum absolute atomic E-state index is 3.77. The standard InChI is InChI=1S/C17H19N/c1-3-15-9-11-17(12-10-15)14-18(2)13-16-7-5-4-6-8-16/h3-12H,1,13-14H2,2H3. The van der Waals surface area contributed by atoms with Crippen LogP contribution in [0.5, 0.6) is 0 Å². The zero-order valence-corrected chi connectivity index (χ0v) is 10.8. The molecule has 0 unspecified atom stereocenters. The minimum Gasteiger partial charge on any atom is -0.298 e. The van der Waals surface area contributed by atoms with Crippen molar-refractivity contribution < 1.29 is 0 Å². The van der Waals surface area contributed by atoms with E-state index in [4.69, 9.17) is 0 Å². The molecule has 0 saturated carbocycles. The highest BCUT2D eigenvalue weighted by Crippen LogP contribution is 2.10. The summed E-state index contributed by atoms with van der Waals surface area (Å²) in [6.07, 6.45) is 1.87. The van der Waals surface area contributed by atoms with Gasteiger partial charge in [-0.15, -0.1) is 0 Å². The number of rotatable bonds is 5. The summed E-state index contributed by atoms with van der Waals surface area (Å²) in [6.45, 7) is 5.71. The summed E-state index contributed by atoms with van der Waals surface area (Å²) >= 11 is 0. The molecule has 2 aromatic carbocycles. The second-order valence-corrected chi connectivity index (χ2v) is 4.60. The first-order valence-electron chi connectivity index (χ1n) is 6.22. The molecule has 0 bridgehead atoms. The van der Waals surface area contributed by atoms with Crippen LogP contribution in [0.4, 0.5) is 0 Å². The molecule has 18 heavy (non-hydrogen) atoms. The van der Waals surface area contributed by atoms with Gasteiger partial charge in [-0.3, -0.25) is 4.90 Å². The van der Waals surface area contributed by atoms with Crippen LogP contribution in [0.2, 0.25) is 0 Å². The molecular formula is C17H19N. The van der Waals surface area contributed by atoms with Gasteiger partial charge in [-0.25, -0.2) is 0 Å². The van der Waals surface area contributed by atoms with E-state index in [9.17, 15) is 0 Å². The molecule has 2 aromatic rings. The van der Waals surface area contributed by atoms with Crippen molar-refractivity contribution in [3.8, 4) is 0 Å². The maximum Gasteiger partial charge on any atom is 0.0234 e. The van der Waals surface area contributed by atoms with E-state index in [0.717, 1.165) is 13.1 Å². The van der Waals surface area contributed by atoms with E-state index >= 15 is 0 Å². The van der Waals surface area contributed by atoms with Crippen molar-refractivity contribution in [3.63, 3.8) is 0 Å². The van der Waals surface area contributed by atoms with Crippen molar-refractivity contribution in [2.24, 2.45) is 0 Å². The Morgan fingerprint density at radius 2 is 1.44 bits per heavy atom. The van der Waals surface area contributed by atoms with E-state index in [0.29, 0.717) is 0 Å². The molecule has 0 aliphatic heterocycles. The molecule has 0 aliphatic carbocycles. The van der Waals surface area contributed by atoms with Crippen LogP contribution in [-0.4, -0.2) is 11.9 Å². The van der Waals surface area contributed by atoms with Crippen LogP contribution in [0, 0.1) is 0 Å². The van der Waals surface area contributed by atoms with E-state index < -0.39 is 0 Å². The number of nitrogens with zero attached hydrogens (tertiary/aromatic N) is 1. The molecule has 0 spiro atoms. The van der Waals surface area contributed by atoms with Gasteiger partial charge in [-0.2, -0.15) is 0 Å². The average Bonchev–Trinajstić information content (AvgIpc) is 2.40. The fourth-order valence-electron chi connectivity index (χ4n) is 2.02. The molecule has 92 valence electrons. The zero-order chi connectivity index (χ0) is 12.8. The fourth-order valence-corrected chi connectivity index (χ4v) is 2.02. The average molecular weight is 237 g/mol. The first kappa shape index (κ1) is 12.6. The highest BCUT2D eigenvalue weighted by molar-refractivity contribution is 5.47.